The van der Waals surface area contributed by atoms with E-state index in [0.717, 1.165) is 5.57 Å². The highest BCUT2D eigenvalue weighted by Gasteiger charge is 2.29. The molecular formula is C11H16O2. The summed E-state index contributed by atoms with van der Waals surface area (Å²) in [5.41, 5.74) is 0.560. The molecule has 1 aliphatic rings. The van der Waals surface area contributed by atoms with E-state index < -0.39 is 0 Å². The van der Waals surface area contributed by atoms with Crippen LogP contribution in [0.1, 0.15) is 20.8 Å². The molecule has 2 nitrogen and oxygen atoms in total. The molecule has 1 atom stereocenters. The Morgan fingerprint density at radius 2 is 2.15 bits per heavy atom. The van der Waals surface area contributed by atoms with Gasteiger partial charge in [0.05, 0.1) is 7.11 Å². The molecule has 0 amide bonds. The van der Waals surface area contributed by atoms with E-state index in [-0.39, 0.29) is 11.4 Å². The average Bonchev–Trinajstić information content (AvgIpc) is 2.08. The van der Waals surface area contributed by atoms with Crippen molar-refractivity contribution in [2.45, 2.75) is 20.8 Å². The second-order valence-electron chi connectivity index (χ2n) is 4.01. The smallest absolute Gasteiger partial charge is 0.334 e. The molecule has 0 saturated carbocycles. The van der Waals surface area contributed by atoms with Gasteiger partial charge in [0.15, 0.2) is 0 Å². The summed E-state index contributed by atoms with van der Waals surface area (Å²) >= 11 is 0. The summed E-state index contributed by atoms with van der Waals surface area (Å²) < 4.78 is 4.73. The number of rotatable bonds is 1. The topological polar surface area (TPSA) is 26.3 Å². The zero-order chi connectivity index (χ0) is 10.1. The third-order valence-electron chi connectivity index (χ3n) is 2.35. The van der Waals surface area contributed by atoms with Crippen LogP contribution in [0.25, 0.3) is 0 Å². The Bertz CT molecular complexity index is 272. The third kappa shape index (κ3) is 2.00. The van der Waals surface area contributed by atoms with Crippen molar-refractivity contribution in [1.82, 2.24) is 0 Å². The van der Waals surface area contributed by atoms with Crippen LogP contribution < -0.4 is 0 Å². The molecule has 0 radical (unpaired) electrons. The molecule has 0 bridgehead atoms. The van der Waals surface area contributed by atoms with Gasteiger partial charge in [-0.1, -0.05) is 39.0 Å². The SMILES string of the molecule is COC(=O)C1=CC(C)C=CC1(C)C. The summed E-state index contributed by atoms with van der Waals surface area (Å²) in [5, 5.41) is 0. The molecule has 1 aliphatic carbocycles. The summed E-state index contributed by atoms with van der Waals surface area (Å²) in [7, 11) is 1.42. The minimum Gasteiger partial charge on any atom is -0.466 e. The van der Waals surface area contributed by atoms with E-state index in [9.17, 15) is 4.79 Å². The predicted octanol–water partition coefficient (Wildman–Crippen LogP) is 2.32. The van der Waals surface area contributed by atoms with Crippen molar-refractivity contribution in [1.29, 1.82) is 0 Å². The summed E-state index contributed by atoms with van der Waals surface area (Å²) in [6.45, 7) is 6.07. The lowest BCUT2D eigenvalue weighted by atomic mass is 9.78. The standard InChI is InChI=1S/C11H16O2/c1-8-5-6-11(2,3)9(7-8)10(12)13-4/h5-8H,1-4H3. The minimum absolute atomic E-state index is 0.195. The molecule has 0 aliphatic heterocycles. The fourth-order valence-corrected chi connectivity index (χ4v) is 1.46. The number of methoxy groups -OCH3 is 1. The first-order valence-corrected chi connectivity index (χ1v) is 4.47. The lowest BCUT2D eigenvalue weighted by molar-refractivity contribution is -0.137. The van der Waals surface area contributed by atoms with Crippen LogP contribution in [0, 0.1) is 11.3 Å². The summed E-state index contributed by atoms with van der Waals surface area (Å²) in [6.07, 6.45) is 6.13. The van der Waals surface area contributed by atoms with Crippen LogP contribution in [-0.2, 0) is 9.53 Å². The average molecular weight is 180 g/mol. The lowest BCUT2D eigenvalue weighted by Crippen LogP contribution is -2.23. The molecule has 0 saturated heterocycles. The Kier molecular flexibility index (Phi) is 2.60. The summed E-state index contributed by atoms with van der Waals surface area (Å²) in [6, 6.07) is 0. The van der Waals surface area contributed by atoms with Crippen LogP contribution in [0.15, 0.2) is 23.8 Å². The van der Waals surface area contributed by atoms with Crippen molar-refractivity contribution < 1.29 is 9.53 Å². The molecule has 72 valence electrons. The third-order valence-corrected chi connectivity index (χ3v) is 2.35. The molecule has 2 heteroatoms. The molecule has 0 fully saturated rings. The van der Waals surface area contributed by atoms with Gasteiger partial charge in [0.2, 0.25) is 0 Å². The molecule has 0 aromatic rings. The molecule has 0 aromatic carbocycles. The maximum atomic E-state index is 11.4. The lowest BCUT2D eigenvalue weighted by Gasteiger charge is -2.27. The Morgan fingerprint density at radius 3 is 2.69 bits per heavy atom. The van der Waals surface area contributed by atoms with Gasteiger partial charge in [0, 0.05) is 11.0 Å². The Balaban J connectivity index is 2.98. The van der Waals surface area contributed by atoms with Gasteiger partial charge in [-0.2, -0.15) is 0 Å². The van der Waals surface area contributed by atoms with Crippen molar-refractivity contribution in [2.75, 3.05) is 7.11 Å². The first kappa shape index (κ1) is 10.0. The monoisotopic (exact) mass is 180 g/mol. The second kappa shape index (κ2) is 3.36. The molecule has 0 aromatic heterocycles. The minimum atomic E-state index is -0.221. The zero-order valence-corrected chi connectivity index (χ0v) is 8.63. The first-order valence-electron chi connectivity index (χ1n) is 4.47. The van der Waals surface area contributed by atoms with Crippen LogP contribution in [0.3, 0.4) is 0 Å². The quantitative estimate of drug-likeness (QED) is 0.457. The van der Waals surface area contributed by atoms with Crippen molar-refractivity contribution in [2.24, 2.45) is 11.3 Å². The zero-order valence-electron chi connectivity index (χ0n) is 8.63. The molecule has 0 spiro atoms. The van der Waals surface area contributed by atoms with E-state index in [1.54, 1.807) is 0 Å². The molecule has 1 unspecified atom stereocenters. The summed E-state index contributed by atoms with van der Waals surface area (Å²) in [5.74, 6) is 0.100. The van der Waals surface area contributed by atoms with Gasteiger partial charge in [-0.15, -0.1) is 0 Å². The van der Waals surface area contributed by atoms with Gasteiger partial charge in [0.1, 0.15) is 0 Å². The largest absolute Gasteiger partial charge is 0.466 e. The fraction of sp³-hybridized carbons (Fsp3) is 0.545. The summed E-state index contributed by atoms with van der Waals surface area (Å²) in [4.78, 5) is 11.4. The van der Waals surface area contributed by atoms with Crippen molar-refractivity contribution in [3.05, 3.63) is 23.8 Å². The predicted molar refractivity (Wildman–Crippen MR) is 52.2 cm³/mol. The number of allylic oxidation sites excluding steroid dienone is 3. The normalized spacial score (nSPS) is 25.2. The molecular weight excluding hydrogens is 164 g/mol. The van der Waals surface area contributed by atoms with Gasteiger partial charge < -0.3 is 4.74 Å². The maximum absolute atomic E-state index is 11.4. The van der Waals surface area contributed by atoms with Gasteiger partial charge in [-0.3, -0.25) is 0 Å². The molecule has 13 heavy (non-hydrogen) atoms. The van der Waals surface area contributed by atoms with Crippen LogP contribution in [0.5, 0.6) is 0 Å². The highest BCUT2D eigenvalue weighted by molar-refractivity contribution is 5.90. The van der Waals surface area contributed by atoms with E-state index in [1.807, 2.05) is 19.9 Å². The number of hydrogen-bond acceptors (Lipinski definition) is 2. The number of carbonyl (C=O) groups is 1. The van der Waals surface area contributed by atoms with Gasteiger partial charge >= 0.3 is 5.97 Å². The van der Waals surface area contributed by atoms with Crippen molar-refractivity contribution in [3.8, 4) is 0 Å². The Hall–Kier alpha value is -1.05. The first-order chi connectivity index (χ1) is 5.97. The van der Waals surface area contributed by atoms with E-state index in [4.69, 9.17) is 4.74 Å². The molecule has 0 heterocycles. The highest BCUT2D eigenvalue weighted by Crippen LogP contribution is 2.33. The number of esters is 1. The van der Waals surface area contributed by atoms with E-state index in [2.05, 4.69) is 19.1 Å². The van der Waals surface area contributed by atoms with Crippen LogP contribution in [0.2, 0.25) is 0 Å². The van der Waals surface area contributed by atoms with Gasteiger partial charge in [-0.05, 0) is 5.92 Å². The molecule has 1 rings (SSSR count). The maximum Gasteiger partial charge on any atom is 0.334 e. The number of carbonyl (C=O) groups excluding carboxylic acids is 1. The van der Waals surface area contributed by atoms with Crippen molar-refractivity contribution in [3.63, 3.8) is 0 Å². The second-order valence-corrected chi connectivity index (χ2v) is 4.01. The van der Waals surface area contributed by atoms with E-state index in [1.165, 1.54) is 7.11 Å². The van der Waals surface area contributed by atoms with Crippen molar-refractivity contribution >= 4 is 5.97 Å². The number of ether oxygens (including phenoxy) is 1. The Labute approximate surface area is 79.3 Å². The highest BCUT2D eigenvalue weighted by atomic mass is 16.5. The van der Waals surface area contributed by atoms with Crippen LogP contribution in [0.4, 0.5) is 0 Å². The van der Waals surface area contributed by atoms with E-state index in [0.29, 0.717) is 5.92 Å². The van der Waals surface area contributed by atoms with E-state index >= 15 is 0 Å². The van der Waals surface area contributed by atoms with Gasteiger partial charge in [0.25, 0.3) is 0 Å². The van der Waals surface area contributed by atoms with Crippen LogP contribution in [-0.4, -0.2) is 13.1 Å². The van der Waals surface area contributed by atoms with Crippen LogP contribution >= 0.6 is 0 Å². The molecule has 0 N–H and O–H groups in total. The Morgan fingerprint density at radius 1 is 1.54 bits per heavy atom. The fourth-order valence-electron chi connectivity index (χ4n) is 1.46. The van der Waals surface area contributed by atoms with Gasteiger partial charge in [-0.25, -0.2) is 4.79 Å². The number of hydrogen-bond donors (Lipinski definition) is 0.